The largest absolute Gasteiger partial charge is 0.453 e. The van der Waals surface area contributed by atoms with Crippen LogP contribution in [0, 0.1) is 0 Å². The van der Waals surface area contributed by atoms with Crippen LogP contribution in [0.5, 0.6) is 0 Å². The molecule has 7 nitrogen and oxygen atoms in total. The highest BCUT2D eigenvalue weighted by molar-refractivity contribution is 6.04. The molecule has 2 heterocycles. The van der Waals surface area contributed by atoms with E-state index >= 15 is 0 Å². The lowest BCUT2D eigenvalue weighted by atomic mass is 9.99. The molecular weight excluding hydrogens is 394 g/mol. The van der Waals surface area contributed by atoms with Gasteiger partial charge in [0.05, 0.1) is 0 Å². The molecule has 0 aliphatic carbocycles. The van der Waals surface area contributed by atoms with E-state index in [1.807, 2.05) is 18.2 Å². The first kappa shape index (κ1) is 20.8. The van der Waals surface area contributed by atoms with Crippen molar-refractivity contribution >= 4 is 17.5 Å². The quantitative estimate of drug-likeness (QED) is 0.571. The van der Waals surface area contributed by atoms with Gasteiger partial charge in [-0.25, -0.2) is 0 Å². The Kier molecular flexibility index (Phi) is 6.16. The van der Waals surface area contributed by atoms with Gasteiger partial charge in [-0.05, 0) is 66.6 Å². The lowest BCUT2D eigenvalue weighted by Gasteiger charge is -2.25. The smallest absolute Gasteiger partial charge is 0.287 e. The number of likely N-dealkylation sites (N-methyl/N-ethyl adjacent to an activating group) is 1. The van der Waals surface area contributed by atoms with Gasteiger partial charge in [-0.3, -0.25) is 9.59 Å². The van der Waals surface area contributed by atoms with Gasteiger partial charge in [0.2, 0.25) is 0 Å². The second-order valence-corrected chi connectivity index (χ2v) is 7.73. The number of carbonyl (C=O) groups excluding carboxylic acids is 2. The summed E-state index contributed by atoms with van der Waals surface area (Å²) in [5, 5.41) is 14.8. The van der Waals surface area contributed by atoms with Gasteiger partial charge in [0.15, 0.2) is 5.76 Å². The summed E-state index contributed by atoms with van der Waals surface area (Å²) in [6.45, 7) is 1.92. The van der Waals surface area contributed by atoms with Crippen molar-refractivity contribution < 1.29 is 19.1 Å². The maximum atomic E-state index is 12.7. The third-order valence-corrected chi connectivity index (χ3v) is 5.35. The first-order valence-electron chi connectivity index (χ1n) is 10.2. The second kappa shape index (κ2) is 9.16. The predicted octanol–water partition coefficient (Wildman–Crippen LogP) is 2.94. The number of amides is 2. The van der Waals surface area contributed by atoms with Crippen LogP contribution in [0.1, 0.15) is 43.4 Å². The van der Waals surface area contributed by atoms with Crippen molar-refractivity contribution in [3.8, 4) is 0 Å². The highest BCUT2D eigenvalue weighted by Gasteiger charge is 2.15. The molecule has 160 valence electrons. The molecule has 1 aliphatic rings. The summed E-state index contributed by atoms with van der Waals surface area (Å²) in [4.78, 5) is 27.2. The standard InChI is InChI=1S/C24H25N3O4/c1-27-10-9-17-5-6-20(12-19(17)14-27)26-23(29)18-4-2-3-16(11-18)13-25-24(30)22-8-7-21(15-28)31-22/h2-8,11-12,28H,9-10,13-15H2,1H3,(H,25,30)(H,26,29). The van der Waals surface area contributed by atoms with E-state index in [1.165, 1.54) is 17.2 Å². The molecule has 0 radical (unpaired) electrons. The number of fused-ring (bicyclic) bond motifs is 1. The molecule has 0 saturated heterocycles. The highest BCUT2D eigenvalue weighted by Crippen LogP contribution is 2.22. The molecular formula is C24H25N3O4. The zero-order valence-electron chi connectivity index (χ0n) is 17.4. The Labute approximate surface area is 180 Å². The lowest BCUT2D eigenvalue weighted by Crippen LogP contribution is -2.26. The molecule has 3 N–H and O–H groups in total. The zero-order chi connectivity index (χ0) is 21.8. The van der Waals surface area contributed by atoms with Crippen molar-refractivity contribution in [3.05, 3.63) is 88.4 Å². The average molecular weight is 419 g/mol. The maximum Gasteiger partial charge on any atom is 0.287 e. The van der Waals surface area contributed by atoms with Crippen LogP contribution in [0.25, 0.3) is 0 Å². The summed E-state index contributed by atoms with van der Waals surface area (Å²) < 4.78 is 5.23. The third-order valence-electron chi connectivity index (χ3n) is 5.35. The van der Waals surface area contributed by atoms with Crippen molar-refractivity contribution in [1.29, 1.82) is 0 Å². The predicted molar refractivity (Wildman–Crippen MR) is 117 cm³/mol. The third kappa shape index (κ3) is 5.02. The van der Waals surface area contributed by atoms with Crippen LogP contribution in [0.15, 0.2) is 59.0 Å². The van der Waals surface area contributed by atoms with E-state index < -0.39 is 0 Å². The van der Waals surface area contributed by atoms with Gasteiger partial charge < -0.3 is 25.1 Å². The molecule has 7 heteroatoms. The van der Waals surface area contributed by atoms with Crippen LogP contribution in [-0.4, -0.2) is 35.4 Å². The molecule has 0 atom stereocenters. The molecule has 3 aromatic rings. The Morgan fingerprint density at radius 1 is 1.06 bits per heavy atom. The Hall–Kier alpha value is -3.42. The highest BCUT2D eigenvalue weighted by atomic mass is 16.4. The van der Waals surface area contributed by atoms with Crippen LogP contribution in [-0.2, 0) is 26.1 Å². The molecule has 0 unspecified atom stereocenters. The fourth-order valence-corrected chi connectivity index (χ4v) is 3.66. The number of hydrogen-bond donors (Lipinski definition) is 3. The van der Waals surface area contributed by atoms with E-state index in [4.69, 9.17) is 9.52 Å². The molecule has 0 spiro atoms. The van der Waals surface area contributed by atoms with Crippen LogP contribution < -0.4 is 10.6 Å². The number of anilines is 1. The molecule has 0 bridgehead atoms. The molecule has 2 aromatic carbocycles. The topological polar surface area (TPSA) is 94.8 Å². The van der Waals surface area contributed by atoms with E-state index in [2.05, 4.69) is 28.6 Å². The first-order valence-corrected chi connectivity index (χ1v) is 10.2. The molecule has 0 fully saturated rings. The van der Waals surface area contributed by atoms with Gasteiger partial charge in [-0.2, -0.15) is 0 Å². The molecule has 31 heavy (non-hydrogen) atoms. The number of nitrogens with one attached hydrogen (secondary N) is 2. The number of rotatable bonds is 6. The Morgan fingerprint density at radius 3 is 2.74 bits per heavy atom. The van der Waals surface area contributed by atoms with E-state index in [1.54, 1.807) is 24.3 Å². The minimum atomic E-state index is -0.381. The Morgan fingerprint density at radius 2 is 1.94 bits per heavy atom. The SMILES string of the molecule is CN1CCc2ccc(NC(=O)c3cccc(CNC(=O)c4ccc(CO)o4)c3)cc2C1. The zero-order valence-corrected chi connectivity index (χ0v) is 17.4. The molecule has 1 aliphatic heterocycles. The van der Waals surface area contributed by atoms with Crippen molar-refractivity contribution in [3.63, 3.8) is 0 Å². The fourth-order valence-electron chi connectivity index (χ4n) is 3.66. The summed E-state index contributed by atoms with van der Waals surface area (Å²) in [5.74, 6) is -0.113. The molecule has 1 aromatic heterocycles. The van der Waals surface area contributed by atoms with E-state index in [-0.39, 0.29) is 30.7 Å². The maximum absolute atomic E-state index is 12.7. The lowest BCUT2D eigenvalue weighted by molar-refractivity contribution is 0.0918. The van der Waals surface area contributed by atoms with Gasteiger partial charge in [0, 0.05) is 30.9 Å². The molecule has 0 saturated carbocycles. The number of carbonyl (C=O) groups is 2. The summed E-state index contributed by atoms with van der Waals surface area (Å²) in [6.07, 6.45) is 1.02. The minimum absolute atomic E-state index is 0.135. The van der Waals surface area contributed by atoms with Crippen molar-refractivity contribution in [2.45, 2.75) is 26.1 Å². The van der Waals surface area contributed by atoms with Crippen LogP contribution in [0.3, 0.4) is 0 Å². The second-order valence-electron chi connectivity index (χ2n) is 7.73. The summed E-state index contributed by atoms with van der Waals surface area (Å²) >= 11 is 0. The van der Waals surface area contributed by atoms with Gasteiger partial charge in [0.25, 0.3) is 11.8 Å². The number of hydrogen-bond acceptors (Lipinski definition) is 5. The summed E-state index contributed by atoms with van der Waals surface area (Å²) in [7, 11) is 2.09. The number of nitrogens with zero attached hydrogens (tertiary/aromatic N) is 1. The van der Waals surface area contributed by atoms with Crippen LogP contribution in [0.2, 0.25) is 0 Å². The number of aliphatic hydroxyl groups excluding tert-OH is 1. The van der Waals surface area contributed by atoms with E-state index in [9.17, 15) is 9.59 Å². The number of furan rings is 1. The van der Waals surface area contributed by atoms with E-state index in [0.29, 0.717) is 11.3 Å². The van der Waals surface area contributed by atoms with Crippen molar-refractivity contribution in [2.24, 2.45) is 0 Å². The minimum Gasteiger partial charge on any atom is -0.453 e. The average Bonchev–Trinajstić information content (AvgIpc) is 3.27. The summed E-state index contributed by atoms with van der Waals surface area (Å²) in [6, 6.07) is 16.3. The molecule has 4 rings (SSSR count). The van der Waals surface area contributed by atoms with Gasteiger partial charge in [-0.1, -0.05) is 18.2 Å². The summed E-state index contributed by atoms with van der Waals surface area (Å²) in [5.41, 5.74) is 4.65. The van der Waals surface area contributed by atoms with Gasteiger partial charge >= 0.3 is 0 Å². The Balaban J connectivity index is 1.39. The molecule has 2 amide bonds. The number of aliphatic hydroxyl groups is 1. The van der Waals surface area contributed by atoms with Gasteiger partial charge in [-0.15, -0.1) is 0 Å². The van der Waals surface area contributed by atoms with Crippen LogP contribution >= 0.6 is 0 Å². The van der Waals surface area contributed by atoms with E-state index in [0.717, 1.165) is 30.8 Å². The van der Waals surface area contributed by atoms with Gasteiger partial charge in [0.1, 0.15) is 12.4 Å². The van der Waals surface area contributed by atoms with Crippen LogP contribution in [0.4, 0.5) is 5.69 Å². The normalized spacial score (nSPS) is 13.5. The monoisotopic (exact) mass is 419 g/mol. The van der Waals surface area contributed by atoms with Crippen molar-refractivity contribution in [1.82, 2.24) is 10.2 Å². The Bertz CT molecular complexity index is 1110. The van der Waals surface area contributed by atoms with Crippen molar-refractivity contribution in [2.75, 3.05) is 18.9 Å². The number of benzene rings is 2. The first-order chi connectivity index (χ1) is 15.0. The fraction of sp³-hybridized carbons (Fsp3) is 0.250.